The van der Waals surface area contributed by atoms with E-state index >= 15 is 0 Å². The van der Waals surface area contributed by atoms with Gasteiger partial charge >= 0.3 is 10.2 Å². The fourth-order valence-corrected chi connectivity index (χ4v) is 1.73. The molecule has 1 aromatic carbocycles. The van der Waals surface area contributed by atoms with E-state index in [1.54, 1.807) is 0 Å². The summed E-state index contributed by atoms with van der Waals surface area (Å²) in [5, 5.41) is 9.16. The minimum atomic E-state index is -3.63. The highest BCUT2D eigenvalue weighted by atomic mass is 35.5. The quantitative estimate of drug-likeness (QED) is 0.892. The van der Waals surface area contributed by atoms with Crippen LogP contribution in [0.15, 0.2) is 18.2 Å². The Bertz CT molecular complexity index is 534. The Morgan fingerprint density at radius 1 is 1.44 bits per heavy atom. The first kappa shape index (κ1) is 12.8. The Hall–Kier alpha value is -1.29. The van der Waals surface area contributed by atoms with Crippen molar-refractivity contribution in [1.82, 2.24) is 4.31 Å². The average molecular weight is 260 g/mol. The fourth-order valence-electron chi connectivity index (χ4n) is 0.929. The molecular formula is C9H10ClN3O2S. The van der Waals surface area contributed by atoms with Crippen LogP contribution in [0.2, 0.25) is 5.02 Å². The molecule has 0 heterocycles. The summed E-state index contributed by atoms with van der Waals surface area (Å²) in [4.78, 5) is 0. The van der Waals surface area contributed by atoms with E-state index in [2.05, 4.69) is 4.72 Å². The molecule has 16 heavy (non-hydrogen) atoms. The van der Waals surface area contributed by atoms with Gasteiger partial charge in [-0.1, -0.05) is 11.6 Å². The zero-order valence-electron chi connectivity index (χ0n) is 8.73. The van der Waals surface area contributed by atoms with Gasteiger partial charge in [-0.25, -0.2) is 0 Å². The van der Waals surface area contributed by atoms with Crippen LogP contribution in [0.4, 0.5) is 5.69 Å². The highest BCUT2D eigenvalue weighted by Gasteiger charge is 2.15. The summed E-state index contributed by atoms with van der Waals surface area (Å²) < 4.78 is 26.4. The fraction of sp³-hybridized carbons (Fsp3) is 0.222. The van der Waals surface area contributed by atoms with Crippen molar-refractivity contribution < 1.29 is 8.42 Å². The molecule has 0 aliphatic heterocycles. The summed E-state index contributed by atoms with van der Waals surface area (Å²) in [6, 6.07) is 6.25. The van der Waals surface area contributed by atoms with E-state index in [0.29, 0.717) is 5.02 Å². The van der Waals surface area contributed by atoms with E-state index in [4.69, 9.17) is 16.9 Å². The molecule has 1 N–H and O–H groups in total. The maximum atomic E-state index is 11.5. The molecular weight excluding hydrogens is 250 g/mol. The van der Waals surface area contributed by atoms with Gasteiger partial charge in [-0.2, -0.15) is 18.0 Å². The second-order valence-corrected chi connectivity index (χ2v) is 5.51. The van der Waals surface area contributed by atoms with E-state index < -0.39 is 10.2 Å². The summed E-state index contributed by atoms with van der Waals surface area (Å²) in [6.45, 7) is 0. The summed E-state index contributed by atoms with van der Waals surface area (Å²) >= 11 is 5.72. The monoisotopic (exact) mass is 259 g/mol. The van der Waals surface area contributed by atoms with Gasteiger partial charge in [0.2, 0.25) is 0 Å². The number of halogens is 1. The van der Waals surface area contributed by atoms with E-state index in [1.807, 2.05) is 6.07 Å². The van der Waals surface area contributed by atoms with E-state index in [-0.39, 0.29) is 11.3 Å². The molecule has 0 radical (unpaired) electrons. The topological polar surface area (TPSA) is 73.2 Å². The molecule has 0 aliphatic carbocycles. The van der Waals surface area contributed by atoms with Crippen molar-refractivity contribution in [1.29, 1.82) is 5.26 Å². The van der Waals surface area contributed by atoms with Crippen molar-refractivity contribution in [3.63, 3.8) is 0 Å². The van der Waals surface area contributed by atoms with E-state index in [1.165, 1.54) is 32.3 Å². The number of nitrogens with zero attached hydrogens (tertiary/aromatic N) is 2. The molecule has 0 bridgehead atoms. The smallest absolute Gasteiger partial charge is 0.270 e. The number of hydrogen-bond acceptors (Lipinski definition) is 3. The van der Waals surface area contributed by atoms with Crippen LogP contribution in [0.1, 0.15) is 5.56 Å². The molecule has 0 aromatic heterocycles. The number of nitrogens with one attached hydrogen (secondary N) is 1. The highest BCUT2D eigenvalue weighted by molar-refractivity contribution is 7.90. The number of rotatable bonds is 3. The minimum Gasteiger partial charge on any atom is -0.270 e. The molecule has 1 aromatic rings. The lowest BCUT2D eigenvalue weighted by atomic mass is 10.2. The molecule has 7 heteroatoms. The van der Waals surface area contributed by atoms with Gasteiger partial charge in [-0.3, -0.25) is 4.72 Å². The van der Waals surface area contributed by atoms with Gasteiger partial charge in [0.15, 0.2) is 0 Å². The van der Waals surface area contributed by atoms with Crippen LogP contribution in [0.3, 0.4) is 0 Å². The van der Waals surface area contributed by atoms with Crippen LogP contribution in [-0.4, -0.2) is 26.8 Å². The third-order valence-corrected chi connectivity index (χ3v) is 3.50. The number of anilines is 1. The van der Waals surface area contributed by atoms with Crippen LogP contribution in [0.25, 0.3) is 0 Å². The highest BCUT2D eigenvalue weighted by Crippen LogP contribution is 2.21. The zero-order chi connectivity index (χ0) is 12.3. The largest absolute Gasteiger partial charge is 0.301 e. The Balaban J connectivity index is 3.16. The van der Waals surface area contributed by atoms with Crippen molar-refractivity contribution in [2.24, 2.45) is 0 Å². The van der Waals surface area contributed by atoms with Crippen molar-refractivity contribution >= 4 is 27.5 Å². The normalized spacial score (nSPS) is 11.2. The first-order chi connectivity index (χ1) is 7.36. The molecule has 0 amide bonds. The second kappa shape index (κ2) is 4.70. The lowest BCUT2D eigenvalue weighted by molar-refractivity contribution is 0.527. The van der Waals surface area contributed by atoms with Gasteiger partial charge < -0.3 is 0 Å². The van der Waals surface area contributed by atoms with E-state index in [0.717, 1.165) is 4.31 Å². The maximum Gasteiger partial charge on any atom is 0.301 e. The minimum absolute atomic E-state index is 0.170. The molecule has 0 spiro atoms. The Labute approximate surface area is 99.4 Å². The van der Waals surface area contributed by atoms with Crippen molar-refractivity contribution in [2.75, 3.05) is 18.8 Å². The van der Waals surface area contributed by atoms with Crippen LogP contribution >= 0.6 is 11.6 Å². The molecule has 86 valence electrons. The summed E-state index contributed by atoms with van der Waals surface area (Å²) in [6.07, 6.45) is 0. The van der Waals surface area contributed by atoms with Crippen LogP contribution in [0.5, 0.6) is 0 Å². The molecule has 5 nitrogen and oxygen atoms in total. The third kappa shape index (κ3) is 2.85. The predicted octanol–water partition coefficient (Wildman–Crippen LogP) is 1.43. The number of nitriles is 1. The molecule has 0 saturated carbocycles. The number of benzene rings is 1. The van der Waals surface area contributed by atoms with Gasteiger partial charge in [0, 0.05) is 19.1 Å². The second-order valence-electron chi connectivity index (χ2n) is 3.19. The van der Waals surface area contributed by atoms with Crippen molar-refractivity contribution in [3.05, 3.63) is 28.8 Å². The summed E-state index contributed by atoms with van der Waals surface area (Å²) in [7, 11) is -0.851. The molecule has 0 saturated heterocycles. The predicted molar refractivity (Wildman–Crippen MR) is 62.4 cm³/mol. The SMILES string of the molecule is CN(C)S(=O)(=O)Nc1cc(Cl)ccc1C#N. The summed E-state index contributed by atoms with van der Waals surface area (Å²) in [5.74, 6) is 0. The first-order valence-corrected chi connectivity index (χ1v) is 6.08. The van der Waals surface area contributed by atoms with Gasteiger partial charge in [-0.05, 0) is 18.2 Å². The Morgan fingerprint density at radius 2 is 2.06 bits per heavy atom. The van der Waals surface area contributed by atoms with Gasteiger partial charge in [-0.15, -0.1) is 0 Å². The first-order valence-electron chi connectivity index (χ1n) is 4.27. The number of hydrogen-bond donors (Lipinski definition) is 1. The summed E-state index contributed by atoms with van der Waals surface area (Å²) in [5.41, 5.74) is 0.388. The van der Waals surface area contributed by atoms with Gasteiger partial charge in [0.1, 0.15) is 6.07 Å². The molecule has 0 aliphatic rings. The average Bonchev–Trinajstić information content (AvgIpc) is 2.17. The van der Waals surface area contributed by atoms with Gasteiger partial charge in [0.25, 0.3) is 0 Å². The van der Waals surface area contributed by atoms with Crippen LogP contribution in [0, 0.1) is 11.3 Å². The standard InChI is InChI=1S/C9H10ClN3O2S/c1-13(2)16(14,15)12-9-5-8(10)4-3-7(9)6-11/h3-5,12H,1-2H3. The molecule has 0 unspecified atom stereocenters. The van der Waals surface area contributed by atoms with Crippen LogP contribution in [-0.2, 0) is 10.2 Å². The lowest BCUT2D eigenvalue weighted by Crippen LogP contribution is -2.29. The Morgan fingerprint density at radius 3 is 2.56 bits per heavy atom. The van der Waals surface area contributed by atoms with E-state index in [9.17, 15) is 8.42 Å². The zero-order valence-corrected chi connectivity index (χ0v) is 10.3. The third-order valence-electron chi connectivity index (χ3n) is 1.82. The lowest BCUT2D eigenvalue weighted by Gasteiger charge is -2.14. The molecule has 0 atom stereocenters. The van der Waals surface area contributed by atoms with Crippen molar-refractivity contribution in [3.8, 4) is 6.07 Å². The molecule has 1 rings (SSSR count). The maximum absolute atomic E-state index is 11.5. The Kier molecular flexibility index (Phi) is 3.75. The molecule has 0 fully saturated rings. The van der Waals surface area contributed by atoms with Crippen molar-refractivity contribution in [2.45, 2.75) is 0 Å². The van der Waals surface area contributed by atoms with Gasteiger partial charge in [0.05, 0.1) is 11.3 Å². The van der Waals surface area contributed by atoms with Crippen LogP contribution < -0.4 is 4.72 Å².